The van der Waals surface area contributed by atoms with E-state index in [9.17, 15) is 4.79 Å². The Morgan fingerprint density at radius 1 is 1.17 bits per heavy atom. The lowest BCUT2D eigenvalue weighted by Crippen LogP contribution is -2.42. The molecule has 1 aromatic rings. The first-order valence-electron chi connectivity index (χ1n) is 8.97. The van der Waals surface area contributed by atoms with Crippen LogP contribution >= 0.6 is 11.8 Å². The predicted octanol–water partition coefficient (Wildman–Crippen LogP) is 4.38. The molecule has 0 bridgehead atoms. The van der Waals surface area contributed by atoms with Crippen molar-refractivity contribution in [2.75, 3.05) is 26.0 Å². The summed E-state index contributed by atoms with van der Waals surface area (Å²) in [6.45, 7) is 1.87. The summed E-state index contributed by atoms with van der Waals surface area (Å²) >= 11 is 1.92. The van der Waals surface area contributed by atoms with Crippen molar-refractivity contribution in [1.29, 1.82) is 0 Å². The number of nitrogens with zero attached hydrogens (tertiary/aromatic N) is 1. The molecule has 0 N–H and O–H groups in total. The minimum atomic E-state index is 0.236. The van der Waals surface area contributed by atoms with E-state index in [4.69, 9.17) is 4.74 Å². The number of hydrogen-bond acceptors (Lipinski definition) is 3. The maximum atomic E-state index is 12.6. The predicted molar refractivity (Wildman–Crippen MR) is 99.5 cm³/mol. The van der Waals surface area contributed by atoms with Gasteiger partial charge in [-0.05, 0) is 62.3 Å². The summed E-state index contributed by atoms with van der Waals surface area (Å²) < 4.78 is 5.20. The Labute approximate surface area is 149 Å². The molecular formula is C20H27NO2S. The lowest BCUT2D eigenvalue weighted by molar-refractivity contribution is -0.137. The first-order valence-corrected chi connectivity index (χ1v) is 9.95. The standard InChI is InChI=1S/C20H27NO2S/c1-23-18-7-9-19(10-8-18)24-15-16-11-13-21(14-12-16)20(22)17-5-3-2-4-6-17/h2-3,7-10,16-17H,4-6,11-15H2,1H3/t17-/m1/s1. The van der Waals surface area contributed by atoms with Crippen molar-refractivity contribution in [1.82, 2.24) is 4.90 Å². The van der Waals surface area contributed by atoms with Gasteiger partial charge in [-0.2, -0.15) is 0 Å². The Hall–Kier alpha value is -1.42. The Bertz CT molecular complexity index is 562. The van der Waals surface area contributed by atoms with E-state index in [1.54, 1.807) is 7.11 Å². The van der Waals surface area contributed by atoms with E-state index in [1.807, 2.05) is 23.9 Å². The number of hydrogen-bond donors (Lipinski definition) is 0. The second-order valence-electron chi connectivity index (χ2n) is 6.74. The van der Waals surface area contributed by atoms with Crippen molar-refractivity contribution in [3.63, 3.8) is 0 Å². The van der Waals surface area contributed by atoms with Crippen molar-refractivity contribution in [2.45, 2.75) is 37.0 Å². The highest BCUT2D eigenvalue weighted by Crippen LogP contribution is 2.29. The Morgan fingerprint density at radius 2 is 1.92 bits per heavy atom. The van der Waals surface area contributed by atoms with E-state index in [2.05, 4.69) is 29.2 Å². The summed E-state index contributed by atoms with van der Waals surface area (Å²) in [4.78, 5) is 16.0. The fraction of sp³-hybridized carbons (Fsp3) is 0.550. The molecule has 1 saturated heterocycles. The van der Waals surface area contributed by atoms with Crippen molar-refractivity contribution in [3.05, 3.63) is 36.4 Å². The van der Waals surface area contributed by atoms with E-state index in [0.717, 1.165) is 56.7 Å². The number of thioether (sulfide) groups is 1. The number of allylic oxidation sites excluding steroid dienone is 2. The third-order valence-corrected chi connectivity index (χ3v) is 6.33. The number of amides is 1. The summed E-state index contributed by atoms with van der Waals surface area (Å²) in [5.41, 5.74) is 0. The van der Waals surface area contributed by atoms with Gasteiger partial charge in [-0.15, -0.1) is 11.8 Å². The Balaban J connectivity index is 1.41. The Kier molecular flexibility index (Phi) is 6.24. The molecule has 1 fully saturated rings. The monoisotopic (exact) mass is 345 g/mol. The number of rotatable bonds is 5. The fourth-order valence-electron chi connectivity index (χ4n) is 3.48. The van der Waals surface area contributed by atoms with Crippen LogP contribution in [0.5, 0.6) is 5.75 Å². The summed E-state index contributed by atoms with van der Waals surface area (Å²) in [7, 11) is 1.70. The highest BCUT2D eigenvalue weighted by atomic mass is 32.2. The molecule has 0 aromatic heterocycles. The van der Waals surface area contributed by atoms with Crippen molar-refractivity contribution in [3.8, 4) is 5.75 Å². The highest BCUT2D eigenvalue weighted by Gasteiger charge is 2.28. The van der Waals surface area contributed by atoms with Crippen LogP contribution in [0.15, 0.2) is 41.3 Å². The van der Waals surface area contributed by atoms with E-state index in [1.165, 1.54) is 4.90 Å². The normalized spacial score (nSPS) is 21.7. The first kappa shape index (κ1) is 17.4. The third-order valence-electron chi connectivity index (χ3n) is 5.09. The maximum absolute atomic E-state index is 12.6. The van der Waals surface area contributed by atoms with Crippen molar-refractivity contribution < 1.29 is 9.53 Å². The lowest BCUT2D eigenvalue weighted by Gasteiger charge is -2.34. The van der Waals surface area contributed by atoms with Crippen LogP contribution in [0.25, 0.3) is 0 Å². The summed E-state index contributed by atoms with van der Waals surface area (Å²) in [6.07, 6.45) is 9.67. The van der Waals surface area contributed by atoms with Crippen LogP contribution in [-0.2, 0) is 4.79 Å². The smallest absolute Gasteiger partial charge is 0.226 e. The number of carbonyl (C=O) groups is 1. The van der Waals surface area contributed by atoms with Crippen molar-refractivity contribution >= 4 is 17.7 Å². The van der Waals surface area contributed by atoms with Crippen LogP contribution in [0.4, 0.5) is 0 Å². The van der Waals surface area contributed by atoms with Gasteiger partial charge in [0.15, 0.2) is 0 Å². The van der Waals surface area contributed by atoms with E-state index >= 15 is 0 Å². The van der Waals surface area contributed by atoms with Gasteiger partial charge >= 0.3 is 0 Å². The molecule has 1 aliphatic carbocycles. The third kappa shape index (κ3) is 4.56. The topological polar surface area (TPSA) is 29.5 Å². The number of ether oxygens (including phenoxy) is 1. The van der Waals surface area contributed by atoms with Gasteiger partial charge in [-0.25, -0.2) is 0 Å². The average molecular weight is 346 g/mol. The molecular weight excluding hydrogens is 318 g/mol. The molecule has 4 heteroatoms. The van der Waals surface area contributed by atoms with Gasteiger partial charge in [0.05, 0.1) is 7.11 Å². The second kappa shape index (κ2) is 8.61. The number of carbonyl (C=O) groups excluding carboxylic acids is 1. The van der Waals surface area contributed by atoms with Gasteiger partial charge in [0.2, 0.25) is 5.91 Å². The highest BCUT2D eigenvalue weighted by molar-refractivity contribution is 7.99. The van der Waals surface area contributed by atoms with Gasteiger partial charge in [0.1, 0.15) is 5.75 Å². The van der Waals surface area contributed by atoms with Crippen LogP contribution in [0, 0.1) is 11.8 Å². The molecule has 1 atom stereocenters. The molecule has 2 aliphatic rings. The van der Waals surface area contributed by atoms with Crippen LogP contribution in [0.3, 0.4) is 0 Å². The van der Waals surface area contributed by atoms with Crippen LogP contribution in [-0.4, -0.2) is 36.8 Å². The number of piperidine rings is 1. The molecule has 1 aromatic carbocycles. The van der Waals surface area contributed by atoms with E-state index in [0.29, 0.717) is 11.8 Å². The van der Waals surface area contributed by atoms with Gasteiger partial charge in [-0.3, -0.25) is 4.79 Å². The van der Waals surface area contributed by atoms with Crippen LogP contribution < -0.4 is 4.74 Å². The molecule has 0 radical (unpaired) electrons. The molecule has 130 valence electrons. The molecule has 3 rings (SSSR count). The van der Waals surface area contributed by atoms with Gasteiger partial charge in [0, 0.05) is 29.7 Å². The minimum Gasteiger partial charge on any atom is -0.497 e. The average Bonchev–Trinajstić information content (AvgIpc) is 2.67. The molecule has 0 spiro atoms. The van der Waals surface area contributed by atoms with Gasteiger partial charge in [0.25, 0.3) is 0 Å². The van der Waals surface area contributed by atoms with Crippen LogP contribution in [0.2, 0.25) is 0 Å². The first-order chi connectivity index (χ1) is 11.8. The zero-order chi connectivity index (χ0) is 16.8. The molecule has 0 saturated carbocycles. The van der Waals surface area contributed by atoms with E-state index in [-0.39, 0.29) is 5.92 Å². The summed E-state index contributed by atoms with van der Waals surface area (Å²) in [5, 5.41) is 0. The summed E-state index contributed by atoms with van der Waals surface area (Å²) in [6, 6.07) is 8.28. The minimum absolute atomic E-state index is 0.236. The number of likely N-dealkylation sites (tertiary alicyclic amines) is 1. The largest absolute Gasteiger partial charge is 0.497 e. The molecule has 1 heterocycles. The second-order valence-corrected chi connectivity index (χ2v) is 7.83. The molecule has 0 unspecified atom stereocenters. The Morgan fingerprint density at radius 3 is 2.54 bits per heavy atom. The zero-order valence-corrected chi connectivity index (χ0v) is 15.3. The molecule has 24 heavy (non-hydrogen) atoms. The molecule has 3 nitrogen and oxygen atoms in total. The van der Waals surface area contributed by atoms with E-state index < -0.39 is 0 Å². The maximum Gasteiger partial charge on any atom is 0.226 e. The fourth-order valence-corrected chi connectivity index (χ4v) is 4.57. The zero-order valence-electron chi connectivity index (χ0n) is 14.4. The van der Waals surface area contributed by atoms with Crippen molar-refractivity contribution in [2.24, 2.45) is 11.8 Å². The summed E-state index contributed by atoms with van der Waals surface area (Å²) in [5.74, 6) is 3.39. The SMILES string of the molecule is COc1ccc(SCC2CCN(C(=O)[C@@H]3CC=CCC3)CC2)cc1. The van der Waals surface area contributed by atoms with Crippen LogP contribution in [0.1, 0.15) is 32.1 Å². The lowest BCUT2D eigenvalue weighted by atomic mass is 9.91. The number of methoxy groups -OCH3 is 1. The number of benzene rings is 1. The molecule has 1 aliphatic heterocycles. The van der Waals surface area contributed by atoms with Gasteiger partial charge in [-0.1, -0.05) is 12.2 Å². The quantitative estimate of drug-likeness (QED) is 0.586. The molecule has 1 amide bonds. The van der Waals surface area contributed by atoms with Gasteiger partial charge < -0.3 is 9.64 Å².